The molecule has 0 spiro atoms. The second kappa shape index (κ2) is 8.23. The number of benzene rings is 1. The normalized spacial score (nSPS) is 23.6. The zero-order valence-electron chi connectivity index (χ0n) is 15.6. The van der Waals surface area contributed by atoms with Crippen LogP contribution in [0.2, 0.25) is 0 Å². The standard InChI is InChI=1S/C19H18F3N5O2S/c20-13-2-1-11(26-17(28)15-7-24-14(6-25-15)16(21)22)5-12(13)19-3-4-29-8-10(19)9-30-18(23)27-19/h1-2,5-7,10,16H,3-4,8-9H2,(H2,23,27)(H,26,28). The minimum atomic E-state index is -2.78. The van der Waals surface area contributed by atoms with Gasteiger partial charge in [-0.15, -0.1) is 0 Å². The number of fused-ring (bicyclic) bond motifs is 1. The number of alkyl halides is 2. The number of aromatic nitrogens is 2. The molecule has 2 aromatic rings. The van der Waals surface area contributed by atoms with Gasteiger partial charge in [0.2, 0.25) is 0 Å². The molecule has 2 aliphatic rings. The fraction of sp³-hybridized carbons (Fsp3) is 0.368. The molecule has 1 amide bonds. The fourth-order valence-corrected chi connectivity index (χ4v) is 4.63. The second-order valence-corrected chi connectivity index (χ2v) is 8.02. The lowest BCUT2D eigenvalue weighted by Crippen LogP contribution is -2.47. The maximum Gasteiger partial charge on any atom is 0.281 e. The quantitative estimate of drug-likeness (QED) is 0.762. The Labute approximate surface area is 174 Å². The van der Waals surface area contributed by atoms with E-state index in [2.05, 4.69) is 20.3 Å². The van der Waals surface area contributed by atoms with E-state index in [-0.39, 0.29) is 11.6 Å². The number of carbonyl (C=O) groups excluding carboxylic acids is 1. The van der Waals surface area contributed by atoms with Crippen molar-refractivity contribution in [3.8, 4) is 0 Å². The molecule has 2 unspecified atom stereocenters. The van der Waals surface area contributed by atoms with E-state index in [1.54, 1.807) is 0 Å². The van der Waals surface area contributed by atoms with Crippen LogP contribution in [0.3, 0.4) is 0 Å². The SMILES string of the molecule is NC1=NC2(c3cc(NC(=O)c4cnc(C(F)F)cn4)ccc3F)CCOCC2CS1. The van der Waals surface area contributed by atoms with Gasteiger partial charge >= 0.3 is 0 Å². The molecule has 0 saturated carbocycles. The van der Waals surface area contributed by atoms with Crippen molar-refractivity contribution in [1.29, 1.82) is 0 Å². The Hall–Kier alpha value is -2.66. The van der Waals surface area contributed by atoms with Crippen LogP contribution in [0.25, 0.3) is 0 Å². The summed E-state index contributed by atoms with van der Waals surface area (Å²) in [4.78, 5) is 24.3. The minimum absolute atomic E-state index is 0.0586. The lowest BCUT2D eigenvalue weighted by Gasteiger charge is -2.44. The summed E-state index contributed by atoms with van der Waals surface area (Å²) >= 11 is 1.41. The van der Waals surface area contributed by atoms with Gasteiger partial charge in [-0.2, -0.15) is 0 Å². The van der Waals surface area contributed by atoms with E-state index in [1.807, 2.05) is 0 Å². The molecule has 158 valence electrons. The molecule has 2 aliphatic heterocycles. The Morgan fingerprint density at radius 2 is 2.17 bits per heavy atom. The number of carbonyl (C=O) groups is 1. The Kier molecular flexibility index (Phi) is 5.65. The highest BCUT2D eigenvalue weighted by atomic mass is 32.2. The fourth-order valence-electron chi connectivity index (χ4n) is 3.66. The van der Waals surface area contributed by atoms with Gasteiger partial charge < -0.3 is 15.8 Å². The molecular weight excluding hydrogens is 419 g/mol. The summed E-state index contributed by atoms with van der Waals surface area (Å²) in [6, 6.07) is 4.19. The van der Waals surface area contributed by atoms with E-state index < -0.39 is 29.4 Å². The number of aliphatic imine (C=N–C) groups is 1. The third-order valence-corrected chi connectivity index (χ3v) is 6.14. The molecule has 4 rings (SSSR count). The highest BCUT2D eigenvalue weighted by molar-refractivity contribution is 8.13. The molecule has 30 heavy (non-hydrogen) atoms. The smallest absolute Gasteiger partial charge is 0.281 e. The molecule has 1 saturated heterocycles. The molecule has 0 aliphatic carbocycles. The van der Waals surface area contributed by atoms with Crippen LogP contribution in [-0.4, -0.2) is 40.0 Å². The monoisotopic (exact) mass is 437 g/mol. The van der Waals surface area contributed by atoms with E-state index in [0.717, 1.165) is 12.4 Å². The van der Waals surface area contributed by atoms with Crippen molar-refractivity contribution >= 4 is 28.5 Å². The number of amides is 1. The summed E-state index contributed by atoms with van der Waals surface area (Å²) in [5.41, 5.74) is 5.08. The number of hydrogen-bond donors (Lipinski definition) is 2. The molecule has 1 aromatic carbocycles. The second-order valence-electron chi connectivity index (χ2n) is 6.98. The predicted octanol–water partition coefficient (Wildman–Crippen LogP) is 3.10. The topological polar surface area (TPSA) is 102 Å². The van der Waals surface area contributed by atoms with Crippen molar-refractivity contribution < 1.29 is 22.7 Å². The number of anilines is 1. The lowest BCUT2D eigenvalue weighted by molar-refractivity contribution is 0.00886. The first kappa shape index (κ1) is 20.6. The number of amidine groups is 1. The first-order valence-electron chi connectivity index (χ1n) is 9.16. The van der Waals surface area contributed by atoms with Crippen LogP contribution in [0.15, 0.2) is 35.6 Å². The molecule has 7 nitrogen and oxygen atoms in total. The number of thioether (sulfide) groups is 1. The molecule has 3 N–H and O–H groups in total. The Morgan fingerprint density at radius 3 is 2.90 bits per heavy atom. The Bertz CT molecular complexity index is 989. The van der Waals surface area contributed by atoms with Gasteiger partial charge in [-0.1, -0.05) is 11.8 Å². The molecule has 3 heterocycles. The number of halogens is 3. The average molecular weight is 437 g/mol. The average Bonchev–Trinajstić information content (AvgIpc) is 2.74. The summed E-state index contributed by atoms with van der Waals surface area (Å²) < 4.78 is 45.6. The highest BCUT2D eigenvalue weighted by Crippen LogP contribution is 2.46. The molecule has 11 heteroatoms. The van der Waals surface area contributed by atoms with E-state index in [0.29, 0.717) is 41.8 Å². The van der Waals surface area contributed by atoms with Gasteiger partial charge in [-0.25, -0.2) is 18.2 Å². The van der Waals surface area contributed by atoms with Crippen LogP contribution < -0.4 is 11.1 Å². The molecule has 2 atom stereocenters. The largest absolute Gasteiger partial charge is 0.381 e. The summed E-state index contributed by atoms with van der Waals surface area (Å²) in [6.45, 7) is 0.853. The number of ether oxygens (including phenoxy) is 1. The molecule has 0 radical (unpaired) electrons. The van der Waals surface area contributed by atoms with Crippen LogP contribution in [0.1, 0.15) is 34.6 Å². The number of nitrogens with zero attached hydrogens (tertiary/aromatic N) is 3. The van der Waals surface area contributed by atoms with Gasteiger partial charge in [0.05, 0.1) is 24.5 Å². The Morgan fingerprint density at radius 1 is 1.33 bits per heavy atom. The minimum Gasteiger partial charge on any atom is -0.381 e. The van der Waals surface area contributed by atoms with Crippen LogP contribution >= 0.6 is 11.8 Å². The van der Waals surface area contributed by atoms with Crippen LogP contribution in [-0.2, 0) is 10.3 Å². The highest BCUT2D eigenvalue weighted by Gasteiger charge is 2.47. The van der Waals surface area contributed by atoms with Gasteiger partial charge in [-0.3, -0.25) is 14.8 Å². The first-order valence-corrected chi connectivity index (χ1v) is 10.1. The summed E-state index contributed by atoms with van der Waals surface area (Å²) in [5.74, 6) is -0.512. The third kappa shape index (κ3) is 3.86. The van der Waals surface area contributed by atoms with Crippen molar-refractivity contribution in [1.82, 2.24) is 9.97 Å². The van der Waals surface area contributed by atoms with E-state index in [9.17, 15) is 18.0 Å². The van der Waals surface area contributed by atoms with Crippen LogP contribution in [0.4, 0.5) is 18.9 Å². The van der Waals surface area contributed by atoms with Crippen molar-refractivity contribution in [2.24, 2.45) is 16.6 Å². The number of rotatable bonds is 4. The van der Waals surface area contributed by atoms with Crippen molar-refractivity contribution in [2.45, 2.75) is 18.4 Å². The Balaban J connectivity index is 1.63. The van der Waals surface area contributed by atoms with Crippen LogP contribution in [0, 0.1) is 11.7 Å². The summed E-state index contributed by atoms with van der Waals surface area (Å²) in [5, 5.41) is 2.99. The van der Waals surface area contributed by atoms with Crippen molar-refractivity contribution in [3.63, 3.8) is 0 Å². The van der Waals surface area contributed by atoms with Gasteiger partial charge in [-0.05, 0) is 18.2 Å². The molecule has 1 aromatic heterocycles. The molecule has 0 bridgehead atoms. The van der Waals surface area contributed by atoms with E-state index >= 15 is 0 Å². The predicted molar refractivity (Wildman–Crippen MR) is 106 cm³/mol. The number of hydrogen-bond acceptors (Lipinski definition) is 7. The molecule has 1 fully saturated rings. The van der Waals surface area contributed by atoms with E-state index in [4.69, 9.17) is 10.5 Å². The first-order chi connectivity index (χ1) is 14.4. The third-order valence-electron chi connectivity index (χ3n) is 5.18. The zero-order valence-corrected chi connectivity index (χ0v) is 16.5. The molecular formula is C19H18F3N5O2S. The summed E-state index contributed by atoms with van der Waals surface area (Å²) in [6.07, 6.45) is -0.494. The van der Waals surface area contributed by atoms with Gasteiger partial charge in [0.15, 0.2) is 5.17 Å². The van der Waals surface area contributed by atoms with Crippen molar-refractivity contribution in [2.75, 3.05) is 24.3 Å². The summed E-state index contributed by atoms with van der Waals surface area (Å²) in [7, 11) is 0. The van der Waals surface area contributed by atoms with Crippen LogP contribution in [0.5, 0.6) is 0 Å². The zero-order chi connectivity index (χ0) is 21.3. The maximum absolute atomic E-state index is 14.9. The number of nitrogens with two attached hydrogens (primary N) is 1. The number of nitrogens with one attached hydrogen (secondary N) is 1. The lowest BCUT2D eigenvalue weighted by atomic mass is 9.75. The maximum atomic E-state index is 14.9. The van der Waals surface area contributed by atoms with Gasteiger partial charge in [0, 0.05) is 35.9 Å². The van der Waals surface area contributed by atoms with Gasteiger partial charge in [0.25, 0.3) is 12.3 Å². The van der Waals surface area contributed by atoms with Gasteiger partial charge in [0.1, 0.15) is 17.2 Å². The van der Waals surface area contributed by atoms with Crippen molar-refractivity contribution in [3.05, 3.63) is 53.4 Å². The van der Waals surface area contributed by atoms with E-state index in [1.165, 1.54) is 30.0 Å².